The molecule has 2 aromatic rings. The van der Waals surface area contributed by atoms with Gasteiger partial charge in [-0.2, -0.15) is 0 Å². The van der Waals surface area contributed by atoms with Crippen LogP contribution in [-0.2, 0) is 9.53 Å². The van der Waals surface area contributed by atoms with Gasteiger partial charge in [-0.15, -0.1) is 0 Å². The molecule has 7 heteroatoms. The topological polar surface area (TPSA) is 92.7 Å². The van der Waals surface area contributed by atoms with Crippen molar-refractivity contribution in [2.75, 3.05) is 11.9 Å². The number of Topliss-reactive ketones (excluding diaryl/α,β-unsaturated/α-hetero) is 1. The standard InChI is InChI=1S/C17H14ClNO5/c1-10(20)19-14-8-11(5-6-15(14)21)16(22)9-24-17(23)12-3-2-4-13(18)7-12/h2-8,21H,9H2,1H3,(H,19,20). The molecule has 0 fully saturated rings. The van der Waals surface area contributed by atoms with E-state index in [1.165, 1.54) is 37.3 Å². The fourth-order valence-electron chi connectivity index (χ4n) is 1.91. The first-order chi connectivity index (χ1) is 11.4. The van der Waals surface area contributed by atoms with Gasteiger partial charge in [-0.1, -0.05) is 17.7 Å². The van der Waals surface area contributed by atoms with Crippen molar-refractivity contribution in [2.45, 2.75) is 6.92 Å². The summed E-state index contributed by atoms with van der Waals surface area (Å²) < 4.78 is 4.95. The Bertz CT molecular complexity index is 803. The summed E-state index contributed by atoms with van der Waals surface area (Å²) in [4.78, 5) is 35.0. The monoisotopic (exact) mass is 347 g/mol. The maximum atomic E-state index is 12.1. The first-order valence-corrected chi connectivity index (χ1v) is 7.31. The van der Waals surface area contributed by atoms with Crippen LogP contribution in [0.25, 0.3) is 0 Å². The van der Waals surface area contributed by atoms with Crippen LogP contribution in [0.3, 0.4) is 0 Å². The molecule has 24 heavy (non-hydrogen) atoms. The van der Waals surface area contributed by atoms with Crippen LogP contribution in [0.4, 0.5) is 5.69 Å². The highest BCUT2D eigenvalue weighted by Gasteiger charge is 2.14. The first-order valence-electron chi connectivity index (χ1n) is 6.93. The molecule has 0 heterocycles. The van der Waals surface area contributed by atoms with Crippen molar-refractivity contribution in [1.82, 2.24) is 0 Å². The maximum Gasteiger partial charge on any atom is 0.338 e. The van der Waals surface area contributed by atoms with E-state index in [-0.39, 0.29) is 28.5 Å². The van der Waals surface area contributed by atoms with Gasteiger partial charge in [0.15, 0.2) is 12.4 Å². The van der Waals surface area contributed by atoms with Crippen LogP contribution < -0.4 is 5.32 Å². The van der Waals surface area contributed by atoms with E-state index in [2.05, 4.69) is 5.32 Å². The van der Waals surface area contributed by atoms with Crippen molar-refractivity contribution in [3.05, 3.63) is 58.6 Å². The average molecular weight is 348 g/mol. The van der Waals surface area contributed by atoms with Crippen molar-refractivity contribution in [2.24, 2.45) is 0 Å². The van der Waals surface area contributed by atoms with E-state index in [4.69, 9.17) is 16.3 Å². The summed E-state index contributed by atoms with van der Waals surface area (Å²) in [6, 6.07) is 10.1. The number of amides is 1. The number of aromatic hydroxyl groups is 1. The van der Waals surface area contributed by atoms with Gasteiger partial charge in [-0.3, -0.25) is 9.59 Å². The molecule has 124 valence electrons. The number of hydrogen-bond donors (Lipinski definition) is 2. The minimum Gasteiger partial charge on any atom is -0.506 e. The predicted molar refractivity (Wildman–Crippen MR) is 88.5 cm³/mol. The summed E-state index contributed by atoms with van der Waals surface area (Å²) in [5.74, 6) is -1.70. The Balaban J connectivity index is 2.04. The van der Waals surface area contributed by atoms with Gasteiger partial charge in [0, 0.05) is 17.5 Å². The molecule has 0 aliphatic heterocycles. The van der Waals surface area contributed by atoms with Crippen LogP contribution in [0, 0.1) is 0 Å². The zero-order valence-corrected chi connectivity index (χ0v) is 13.5. The molecular weight excluding hydrogens is 334 g/mol. The third-order valence-electron chi connectivity index (χ3n) is 3.02. The van der Waals surface area contributed by atoms with Crippen molar-refractivity contribution in [3.8, 4) is 5.75 Å². The second-order valence-corrected chi connectivity index (χ2v) is 5.36. The SMILES string of the molecule is CC(=O)Nc1cc(C(=O)COC(=O)c2cccc(Cl)c2)ccc1O. The van der Waals surface area contributed by atoms with Gasteiger partial charge in [0.05, 0.1) is 11.3 Å². The van der Waals surface area contributed by atoms with Crippen LogP contribution in [0.2, 0.25) is 5.02 Å². The summed E-state index contributed by atoms with van der Waals surface area (Å²) in [6.07, 6.45) is 0. The number of anilines is 1. The maximum absolute atomic E-state index is 12.1. The lowest BCUT2D eigenvalue weighted by molar-refractivity contribution is -0.114. The average Bonchev–Trinajstić information content (AvgIpc) is 2.54. The highest BCUT2D eigenvalue weighted by Crippen LogP contribution is 2.24. The molecule has 0 saturated heterocycles. The van der Waals surface area contributed by atoms with E-state index in [0.29, 0.717) is 5.02 Å². The molecule has 0 spiro atoms. The number of halogens is 1. The molecule has 0 radical (unpaired) electrons. The smallest absolute Gasteiger partial charge is 0.338 e. The van der Waals surface area contributed by atoms with E-state index < -0.39 is 18.4 Å². The lowest BCUT2D eigenvalue weighted by Crippen LogP contribution is -2.15. The molecule has 2 N–H and O–H groups in total. The van der Waals surface area contributed by atoms with Crippen LogP contribution in [0.15, 0.2) is 42.5 Å². The quantitative estimate of drug-likeness (QED) is 0.492. The van der Waals surface area contributed by atoms with E-state index in [1.807, 2.05) is 0 Å². The van der Waals surface area contributed by atoms with E-state index in [1.54, 1.807) is 12.1 Å². The number of esters is 1. The fraction of sp³-hybridized carbons (Fsp3) is 0.118. The molecular formula is C17H14ClNO5. The van der Waals surface area contributed by atoms with Gasteiger partial charge >= 0.3 is 5.97 Å². The van der Waals surface area contributed by atoms with E-state index >= 15 is 0 Å². The molecule has 2 aromatic carbocycles. The Morgan fingerprint density at radius 2 is 1.88 bits per heavy atom. The van der Waals surface area contributed by atoms with E-state index in [0.717, 1.165) is 0 Å². The predicted octanol–water partition coefficient (Wildman–Crippen LogP) is 3.04. The van der Waals surface area contributed by atoms with Gasteiger partial charge in [0.2, 0.25) is 5.91 Å². The number of phenolic OH excluding ortho intramolecular Hbond substituents is 1. The minimum atomic E-state index is -0.674. The second kappa shape index (κ2) is 7.61. The van der Waals surface area contributed by atoms with Crippen LogP contribution in [0.5, 0.6) is 5.75 Å². The number of carbonyl (C=O) groups is 3. The highest BCUT2D eigenvalue weighted by molar-refractivity contribution is 6.30. The van der Waals surface area contributed by atoms with Crippen molar-refractivity contribution in [1.29, 1.82) is 0 Å². The number of rotatable bonds is 5. The molecule has 0 saturated carbocycles. The number of carbonyl (C=O) groups excluding carboxylic acids is 3. The lowest BCUT2D eigenvalue weighted by Gasteiger charge is -2.08. The summed E-state index contributed by atoms with van der Waals surface area (Å²) in [7, 11) is 0. The Hall–Kier alpha value is -2.86. The van der Waals surface area contributed by atoms with Crippen molar-refractivity contribution < 1.29 is 24.2 Å². The molecule has 0 unspecified atom stereocenters. The molecule has 2 rings (SSSR count). The number of ketones is 1. The molecule has 0 atom stereocenters. The van der Waals surface area contributed by atoms with E-state index in [9.17, 15) is 19.5 Å². The summed E-state index contributed by atoms with van der Waals surface area (Å²) in [6.45, 7) is 0.802. The Morgan fingerprint density at radius 3 is 2.54 bits per heavy atom. The minimum absolute atomic E-state index is 0.106. The molecule has 6 nitrogen and oxygen atoms in total. The Kier molecular flexibility index (Phi) is 5.55. The number of phenols is 1. The highest BCUT2D eigenvalue weighted by atomic mass is 35.5. The summed E-state index contributed by atoms with van der Waals surface area (Å²) in [5.41, 5.74) is 0.532. The molecule has 1 amide bonds. The van der Waals surface area contributed by atoms with Gasteiger partial charge < -0.3 is 15.2 Å². The zero-order chi connectivity index (χ0) is 17.7. The second-order valence-electron chi connectivity index (χ2n) is 4.92. The lowest BCUT2D eigenvalue weighted by atomic mass is 10.1. The molecule has 0 bridgehead atoms. The number of nitrogens with one attached hydrogen (secondary N) is 1. The molecule has 0 aromatic heterocycles. The third kappa shape index (κ3) is 4.57. The molecule has 0 aliphatic carbocycles. The van der Waals surface area contributed by atoms with Crippen LogP contribution >= 0.6 is 11.6 Å². The Labute approximate surface area is 143 Å². The number of hydrogen-bond acceptors (Lipinski definition) is 5. The summed E-state index contributed by atoms with van der Waals surface area (Å²) >= 11 is 5.79. The van der Waals surface area contributed by atoms with Gasteiger partial charge in [-0.25, -0.2) is 4.79 Å². The normalized spacial score (nSPS) is 10.1. The van der Waals surface area contributed by atoms with Crippen LogP contribution in [-0.4, -0.2) is 29.4 Å². The fourth-order valence-corrected chi connectivity index (χ4v) is 2.10. The van der Waals surface area contributed by atoms with Crippen LogP contribution in [0.1, 0.15) is 27.6 Å². The summed E-state index contributed by atoms with van der Waals surface area (Å²) in [5, 5.41) is 12.4. The third-order valence-corrected chi connectivity index (χ3v) is 3.26. The zero-order valence-electron chi connectivity index (χ0n) is 12.7. The van der Waals surface area contributed by atoms with Gasteiger partial charge in [0.1, 0.15) is 5.75 Å². The number of benzene rings is 2. The van der Waals surface area contributed by atoms with Gasteiger partial charge in [-0.05, 0) is 36.4 Å². The Morgan fingerprint density at radius 1 is 1.12 bits per heavy atom. The number of ether oxygens (including phenoxy) is 1. The van der Waals surface area contributed by atoms with Crippen molar-refractivity contribution in [3.63, 3.8) is 0 Å². The molecule has 0 aliphatic rings. The largest absolute Gasteiger partial charge is 0.506 e. The van der Waals surface area contributed by atoms with Crippen molar-refractivity contribution >= 4 is 34.9 Å². The first kappa shape index (κ1) is 17.5. The van der Waals surface area contributed by atoms with Gasteiger partial charge in [0.25, 0.3) is 0 Å².